The summed E-state index contributed by atoms with van der Waals surface area (Å²) in [5.74, 6) is -0.158. The maximum atomic E-state index is 12.9. The lowest BCUT2D eigenvalue weighted by Crippen LogP contribution is -2.26. The summed E-state index contributed by atoms with van der Waals surface area (Å²) in [6, 6.07) is 19.2. The van der Waals surface area contributed by atoms with Gasteiger partial charge in [0.2, 0.25) is 0 Å². The van der Waals surface area contributed by atoms with Crippen molar-refractivity contribution in [2.45, 2.75) is 27.3 Å². The van der Waals surface area contributed by atoms with E-state index < -0.39 is 6.09 Å². The van der Waals surface area contributed by atoms with E-state index in [4.69, 9.17) is 4.74 Å². The third-order valence-electron chi connectivity index (χ3n) is 5.06. The first-order valence-electron chi connectivity index (χ1n) is 9.93. The number of benzene rings is 2. The van der Waals surface area contributed by atoms with Gasteiger partial charge in [-0.3, -0.25) is 9.69 Å². The molecular weight excluding hydrogens is 378 g/mol. The topological polar surface area (TPSA) is 63.6 Å². The summed E-state index contributed by atoms with van der Waals surface area (Å²) in [4.78, 5) is 26.1. The molecular formula is C24H27N3O3. The molecule has 6 nitrogen and oxygen atoms in total. The van der Waals surface area contributed by atoms with Crippen LogP contribution in [0.1, 0.15) is 34.2 Å². The van der Waals surface area contributed by atoms with Crippen LogP contribution < -0.4 is 10.2 Å². The molecule has 0 fully saturated rings. The number of hydrogen-bond donors (Lipinski definition) is 1. The number of amides is 2. The predicted molar refractivity (Wildman–Crippen MR) is 119 cm³/mol. The SMILES string of the molecule is CCOC(=O)N(C)c1ccc(NC(=O)c2cc(C)n(Cc3ccccc3)c2C)cc1. The van der Waals surface area contributed by atoms with E-state index in [1.165, 1.54) is 10.5 Å². The zero-order valence-corrected chi connectivity index (χ0v) is 17.8. The van der Waals surface area contributed by atoms with E-state index in [9.17, 15) is 9.59 Å². The Labute approximate surface area is 177 Å². The summed E-state index contributed by atoms with van der Waals surface area (Å²) in [6.45, 7) is 6.77. The van der Waals surface area contributed by atoms with Crippen LogP contribution in [0.3, 0.4) is 0 Å². The van der Waals surface area contributed by atoms with Gasteiger partial charge in [-0.2, -0.15) is 0 Å². The van der Waals surface area contributed by atoms with Crippen molar-refractivity contribution in [3.05, 3.63) is 83.2 Å². The van der Waals surface area contributed by atoms with Crippen LogP contribution in [-0.2, 0) is 11.3 Å². The highest BCUT2D eigenvalue weighted by Gasteiger charge is 2.17. The fourth-order valence-electron chi connectivity index (χ4n) is 3.33. The Hall–Kier alpha value is -3.54. The Balaban J connectivity index is 1.72. The van der Waals surface area contributed by atoms with Crippen LogP contribution in [0, 0.1) is 13.8 Å². The molecule has 1 N–H and O–H groups in total. The molecule has 0 saturated heterocycles. The highest BCUT2D eigenvalue weighted by Crippen LogP contribution is 2.21. The number of nitrogens with one attached hydrogen (secondary N) is 1. The van der Waals surface area contributed by atoms with Crippen molar-refractivity contribution in [3.8, 4) is 0 Å². The highest BCUT2D eigenvalue weighted by molar-refractivity contribution is 6.05. The van der Waals surface area contributed by atoms with Crippen LogP contribution in [0.15, 0.2) is 60.7 Å². The minimum absolute atomic E-state index is 0.158. The Morgan fingerprint density at radius 1 is 1.03 bits per heavy atom. The molecule has 1 heterocycles. The molecule has 0 bridgehead atoms. The van der Waals surface area contributed by atoms with Crippen LogP contribution in [0.25, 0.3) is 0 Å². The average Bonchev–Trinajstić information content (AvgIpc) is 3.03. The quantitative estimate of drug-likeness (QED) is 0.628. The number of ether oxygens (including phenoxy) is 1. The Morgan fingerprint density at radius 3 is 2.33 bits per heavy atom. The lowest BCUT2D eigenvalue weighted by atomic mass is 10.2. The van der Waals surface area contributed by atoms with Crippen LogP contribution in [-0.4, -0.2) is 30.2 Å². The highest BCUT2D eigenvalue weighted by atomic mass is 16.6. The molecule has 156 valence electrons. The van der Waals surface area contributed by atoms with Crippen LogP contribution in [0.2, 0.25) is 0 Å². The maximum Gasteiger partial charge on any atom is 0.413 e. The predicted octanol–water partition coefficient (Wildman–Crippen LogP) is 5.00. The van der Waals surface area contributed by atoms with Gasteiger partial charge in [0.15, 0.2) is 0 Å². The number of aromatic nitrogens is 1. The van der Waals surface area contributed by atoms with Gasteiger partial charge in [0.1, 0.15) is 0 Å². The van der Waals surface area contributed by atoms with E-state index in [2.05, 4.69) is 22.0 Å². The molecule has 6 heteroatoms. The van der Waals surface area contributed by atoms with Gasteiger partial charge in [-0.05, 0) is 56.7 Å². The van der Waals surface area contributed by atoms with Gasteiger partial charge in [-0.25, -0.2) is 4.79 Å². The van der Waals surface area contributed by atoms with Gasteiger partial charge < -0.3 is 14.6 Å². The van der Waals surface area contributed by atoms with Crippen molar-refractivity contribution >= 4 is 23.4 Å². The zero-order chi connectivity index (χ0) is 21.7. The first kappa shape index (κ1) is 21.2. The van der Waals surface area contributed by atoms with E-state index in [1.807, 2.05) is 38.1 Å². The molecule has 0 atom stereocenters. The van der Waals surface area contributed by atoms with Crippen molar-refractivity contribution in [1.29, 1.82) is 0 Å². The number of carbonyl (C=O) groups excluding carboxylic acids is 2. The Morgan fingerprint density at radius 2 is 1.70 bits per heavy atom. The maximum absolute atomic E-state index is 12.9. The van der Waals surface area contributed by atoms with Crippen molar-refractivity contribution in [2.75, 3.05) is 23.9 Å². The molecule has 30 heavy (non-hydrogen) atoms. The summed E-state index contributed by atoms with van der Waals surface area (Å²) < 4.78 is 7.14. The third-order valence-corrected chi connectivity index (χ3v) is 5.06. The second-order valence-electron chi connectivity index (χ2n) is 7.12. The molecule has 0 aliphatic carbocycles. The number of hydrogen-bond acceptors (Lipinski definition) is 3. The molecule has 0 aliphatic heterocycles. The van der Waals surface area contributed by atoms with E-state index >= 15 is 0 Å². The summed E-state index contributed by atoms with van der Waals surface area (Å²) in [5, 5.41) is 2.94. The monoisotopic (exact) mass is 405 g/mol. The number of aryl methyl sites for hydroxylation is 1. The van der Waals surface area contributed by atoms with Gasteiger partial charge in [-0.15, -0.1) is 0 Å². The van der Waals surface area contributed by atoms with E-state index in [0.29, 0.717) is 23.5 Å². The largest absolute Gasteiger partial charge is 0.449 e. The molecule has 0 saturated carbocycles. The van der Waals surface area contributed by atoms with Crippen LogP contribution >= 0.6 is 0 Å². The van der Waals surface area contributed by atoms with Gasteiger partial charge in [0, 0.05) is 36.4 Å². The van der Waals surface area contributed by atoms with Crippen molar-refractivity contribution < 1.29 is 14.3 Å². The molecule has 1 aromatic heterocycles. The molecule has 0 unspecified atom stereocenters. The number of carbonyl (C=O) groups is 2. The Bertz CT molecular complexity index is 1020. The summed E-state index contributed by atoms with van der Waals surface area (Å²) in [7, 11) is 1.65. The second kappa shape index (κ2) is 9.31. The molecule has 3 rings (SSSR count). The fourth-order valence-corrected chi connectivity index (χ4v) is 3.33. The molecule has 3 aromatic rings. The van der Waals surface area contributed by atoms with Gasteiger partial charge in [0.25, 0.3) is 5.91 Å². The number of nitrogens with zero attached hydrogens (tertiary/aromatic N) is 2. The van der Waals surface area contributed by atoms with E-state index in [1.54, 1.807) is 38.2 Å². The molecule has 0 aliphatic rings. The van der Waals surface area contributed by atoms with E-state index in [0.717, 1.165) is 17.9 Å². The standard InChI is InChI=1S/C24H27N3O3/c1-5-30-24(29)26(4)21-13-11-20(12-14-21)25-23(28)22-15-17(2)27(18(22)3)16-19-9-7-6-8-10-19/h6-15H,5,16H2,1-4H3,(H,25,28). The Kier molecular flexibility index (Phi) is 6.57. The first-order chi connectivity index (χ1) is 14.4. The fraction of sp³-hybridized carbons (Fsp3) is 0.250. The first-order valence-corrected chi connectivity index (χ1v) is 9.93. The summed E-state index contributed by atoms with van der Waals surface area (Å²) >= 11 is 0. The third kappa shape index (κ3) is 4.71. The second-order valence-corrected chi connectivity index (χ2v) is 7.12. The van der Waals surface area contributed by atoms with Gasteiger partial charge >= 0.3 is 6.09 Å². The average molecular weight is 405 g/mol. The summed E-state index contributed by atoms with van der Waals surface area (Å²) in [5.41, 5.74) is 5.14. The van der Waals surface area contributed by atoms with Gasteiger partial charge in [0.05, 0.1) is 12.2 Å². The minimum atomic E-state index is -0.417. The lowest BCUT2D eigenvalue weighted by molar-refractivity contribution is 0.102. The van der Waals surface area contributed by atoms with Crippen LogP contribution in [0.4, 0.5) is 16.2 Å². The lowest BCUT2D eigenvalue weighted by Gasteiger charge is -2.17. The van der Waals surface area contributed by atoms with Gasteiger partial charge in [-0.1, -0.05) is 30.3 Å². The van der Waals surface area contributed by atoms with Crippen LogP contribution in [0.5, 0.6) is 0 Å². The number of anilines is 2. The van der Waals surface area contributed by atoms with Crippen molar-refractivity contribution in [3.63, 3.8) is 0 Å². The van der Waals surface area contributed by atoms with Crippen molar-refractivity contribution in [1.82, 2.24) is 4.57 Å². The van der Waals surface area contributed by atoms with Crippen molar-refractivity contribution in [2.24, 2.45) is 0 Å². The van der Waals surface area contributed by atoms with E-state index in [-0.39, 0.29) is 5.91 Å². The zero-order valence-electron chi connectivity index (χ0n) is 17.8. The molecule has 2 amide bonds. The summed E-state index contributed by atoms with van der Waals surface area (Å²) in [6.07, 6.45) is -0.417. The smallest absolute Gasteiger partial charge is 0.413 e. The minimum Gasteiger partial charge on any atom is -0.449 e. The molecule has 0 spiro atoms. The number of rotatable bonds is 6. The molecule has 2 aromatic carbocycles. The normalized spacial score (nSPS) is 10.5. The molecule has 0 radical (unpaired) electrons.